The fourth-order valence-corrected chi connectivity index (χ4v) is 2.99. The van der Waals surface area contributed by atoms with E-state index in [9.17, 15) is 19.8 Å². The Kier molecular flexibility index (Phi) is 6.34. The number of Topliss-reactive ketones (excluding diaryl/α,β-unsaturated/α-hetero) is 1. The maximum absolute atomic E-state index is 12.4. The summed E-state index contributed by atoms with van der Waals surface area (Å²) >= 11 is 0. The summed E-state index contributed by atoms with van der Waals surface area (Å²) in [5, 5.41) is 22.9. The number of hydrogen-bond acceptors (Lipinski definition) is 5. The molecule has 0 spiro atoms. The molecule has 2 aromatic carbocycles. The Morgan fingerprint density at radius 1 is 1.04 bits per heavy atom. The van der Waals surface area contributed by atoms with Crippen LogP contribution >= 0.6 is 0 Å². The first-order chi connectivity index (χ1) is 12.7. The van der Waals surface area contributed by atoms with Crippen LogP contribution in [0, 0.1) is 20.8 Å². The first kappa shape index (κ1) is 20.2. The van der Waals surface area contributed by atoms with Gasteiger partial charge in [-0.25, -0.2) is 5.43 Å². The summed E-state index contributed by atoms with van der Waals surface area (Å²) in [4.78, 5) is 24.4. The van der Waals surface area contributed by atoms with E-state index in [0.29, 0.717) is 12.1 Å². The average Bonchev–Trinajstić information content (AvgIpc) is 2.56. The number of carbonyl (C=O) groups excluding carboxylic acids is 2. The summed E-state index contributed by atoms with van der Waals surface area (Å²) in [6, 6.07) is 7.77. The van der Waals surface area contributed by atoms with E-state index in [2.05, 4.69) is 22.7 Å². The van der Waals surface area contributed by atoms with E-state index in [4.69, 9.17) is 0 Å². The van der Waals surface area contributed by atoms with Crippen LogP contribution in [0.15, 0.2) is 35.4 Å². The first-order valence-electron chi connectivity index (χ1n) is 8.61. The van der Waals surface area contributed by atoms with Crippen molar-refractivity contribution in [3.05, 3.63) is 58.1 Å². The van der Waals surface area contributed by atoms with Gasteiger partial charge in [-0.3, -0.25) is 9.59 Å². The molecular formula is C21H24N2O4. The van der Waals surface area contributed by atoms with Gasteiger partial charge in [0, 0.05) is 24.6 Å². The summed E-state index contributed by atoms with van der Waals surface area (Å²) in [5.41, 5.74) is 7.14. The zero-order valence-corrected chi connectivity index (χ0v) is 16.0. The van der Waals surface area contributed by atoms with E-state index in [1.165, 1.54) is 17.7 Å². The van der Waals surface area contributed by atoms with Gasteiger partial charge in [0.2, 0.25) is 0 Å². The molecule has 0 bridgehead atoms. The van der Waals surface area contributed by atoms with Gasteiger partial charge in [-0.1, -0.05) is 17.7 Å². The van der Waals surface area contributed by atoms with Crippen molar-refractivity contribution in [1.82, 2.24) is 5.43 Å². The molecule has 27 heavy (non-hydrogen) atoms. The zero-order chi connectivity index (χ0) is 20.1. The Bertz CT molecular complexity index is 893. The number of nitrogens with one attached hydrogen (secondary N) is 1. The Balaban J connectivity index is 1.99. The van der Waals surface area contributed by atoms with Crippen molar-refractivity contribution in [3.8, 4) is 11.5 Å². The molecular weight excluding hydrogens is 344 g/mol. The lowest BCUT2D eigenvalue weighted by Crippen LogP contribution is -2.20. The number of rotatable bonds is 6. The summed E-state index contributed by atoms with van der Waals surface area (Å²) in [7, 11) is 0. The summed E-state index contributed by atoms with van der Waals surface area (Å²) in [6.07, 6.45) is 0.437. The van der Waals surface area contributed by atoms with Gasteiger partial charge in [-0.2, -0.15) is 5.10 Å². The number of nitrogens with zero attached hydrogens (tertiary/aromatic N) is 1. The molecule has 3 N–H and O–H groups in total. The van der Waals surface area contributed by atoms with Gasteiger partial charge in [0.15, 0.2) is 0 Å². The molecule has 0 radical (unpaired) electrons. The lowest BCUT2D eigenvalue weighted by atomic mass is 9.94. The maximum Gasteiger partial charge on any atom is 0.275 e. The molecule has 1 amide bonds. The van der Waals surface area contributed by atoms with Gasteiger partial charge < -0.3 is 10.2 Å². The predicted molar refractivity (Wildman–Crippen MR) is 104 cm³/mol. The van der Waals surface area contributed by atoms with Crippen LogP contribution in [0.25, 0.3) is 0 Å². The molecule has 0 unspecified atom stereocenters. The topological polar surface area (TPSA) is 99.0 Å². The molecule has 0 aromatic heterocycles. The third kappa shape index (κ3) is 5.41. The summed E-state index contributed by atoms with van der Waals surface area (Å²) in [5.74, 6) is -1.10. The van der Waals surface area contributed by atoms with Crippen LogP contribution in [0.1, 0.15) is 46.0 Å². The second kappa shape index (κ2) is 8.49. The number of carbonyl (C=O) groups is 2. The highest BCUT2D eigenvalue weighted by atomic mass is 16.3. The average molecular weight is 368 g/mol. The Hall–Kier alpha value is -3.15. The van der Waals surface area contributed by atoms with E-state index in [1.807, 2.05) is 20.8 Å². The highest BCUT2D eigenvalue weighted by Gasteiger charge is 2.13. The second-order valence-corrected chi connectivity index (χ2v) is 6.76. The number of hydrazone groups is 1. The van der Waals surface area contributed by atoms with Crippen LogP contribution in [0.4, 0.5) is 0 Å². The minimum atomic E-state index is -0.621. The number of benzene rings is 2. The lowest BCUT2D eigenvalue weighted by molar-refractivity contribution is -0.117. The molecule has 0 fully saturated rings. The number of aryl methyl sites for hydroxylation is 3. The molecule has 0 saturated carbocycles. The predicted octanol–water partition coefficient (Wildman–Crippen LogP) is 3.33. The quantitative estimate of drug-likeness (QED) is 0.538. The third-order valence-electron chi connectivity index (χ3n) is 4.24. The Labute approximate surface area is 158 Å². The van der Waals surface area contributed by atoms with Crippen LogP contribution < -0.4 is 5.43 Å². The number of hydrogen-bond donors (Lipinski definition) is 3. The molecule has 142 valence electrons. The van der Waals surface area contributed by atoms with Crippen LogP contribution in [0.5, 0.6) is 11.5 Å². The largest absolute Gasteiger partial charge is 0.508 e. The Morgan fingerprint density at radius 2 is 1.67 bits per heavy atom. The van der Waals surface area contributed by atoms with Gasteiger partial charge in [-0.15, -0.1) is 0 Å². The van der Waals surface area contributed by atoms with Crippen molar-refractivity contribution < 1.29 is 19.8 Å². The van der Waals surface area contributed by atoms with Gasteiger partial charge >= 0.3 is 0 Å². The molecule has 0 atom stereocenters. The van der Waals surface area contributed by atoms with Crippen LogP contribution in [-0.4, -0.2) is 27.6 Å². The number of phenolic OH excluding ortho intramolecular Hbond substituents is 2. The maximum atomic E-state index is 12.4. The van der Waals surface area contributed by atoms with Crippen molar-refractivity contribution in [2.45, 2.75) is 40.5 Å². The number of amides is 1. The van der Waals surface area contributed by atoms with Gasteiger partial charge in [-0.05, 0) is 56.5 Å². The molecule has 0 aliphatic heterocycles. The smallest absolute Gasteiger partial charge is 0.275 e. The molecule has 6 nitrogen and oxygen atoms in total. The van der Waals surface area contributed by atoms with Crippen molar-refractivity contribution in [3.63, 3.8) is 0 Å². The standard InChI is InChI=1S/C21H24N2O4/c1-12-7-13(2)19(14(3)8-12)10-17(25)9-15(4)22-23-21(27)18-6-5-16(24)11-20(18)26/h5-8,11,24,26H,9-10H2,1-4H3,(H,23,27)/b22-15+. The van der Waals surface area contributed by atoms with E-state index >= 15 is 0 Å². The fraction of sp³-hybridized carbons (Fsp3) is 0.286. The molecule has 2 rings (SSSR count). The minimum Gasteiger partial charge on any atom is -0.508 e. The van der Waals surface area contributed by atoms with Gasteiger partial charge in [0.1, 0.15) is 17.3 Å². The molecule has 0 aliphatic rings. The summed E-state index contributed by atoms with van der Waals surface area (Å²) < 4.78 is 0. The zero-order valence-electron chi connectivity index (χ0n) is 16.0. The van der Waals surface area contributed by atoms with Crippen LogP contribution in [-0.2, 0) is 11.2 Å². The van der Waals surface area contributed by atoms with Crippen LogP contribution in [0.3, 0.4) is 0 Å². The fourth-order valence-electron chi connectivity index (χ4n) is 2.99. The van der Waals surface area contributed by atoms with Crippen LogP contribution in [0.2, 0.25) is 0 Å². The van der Waals surface area contributed by atoms with E-state index in [0.717, 1.165) is 22.8 Å². The highest BCUT2D eigenvalue weighted by molar-refractivity contribution is 6.03. The van der Waals surface area contributed by atoms with E-state index in [-0.39, 0.29) is 29.3 Å². The number of aromatic hydroxyl groups is 2. The van der Waals surface area contributed by atoms with Crippen molar-refractivity contribution in [1.29, 1.82) is 0 Å². The lowest BCUT2D eigenvalue weighted by Gasteiger charge is -2.11. The molecule has 0 aliphatic carbocycles. The number of ketones is 1. The van der Waals surface area contributed by atoms with Gasteiger partial charge in [0.05, 0.1) is 5.56 Å². The molecule has 0 heterocycles. The van der Waals surface area contributed by atoms with Crippen molar-refractivity contribution >= 4 is 17.4 Å². The third-order valence-corrected chi connectivity index (χ3v) is 4.24. The molecule has 6 heteroatoms. The SMILES string of the molecule is C/C(CC(=O)Cc1c(C)cc(C)cc1C)=N\NC(=O)c1ccc(O)cc1O. The van der Waals surface area contributed by atoms with Gasteiger partial charge in [0.25, 0.3) is 5.91 Å². The van der Waals surface area contributed by atoms with Crippen molar-refractivity contribution in [2.24, 2.45) is 5.10 Å². The highest BCUT2D eigenvalue weighted by Crippen LogP contribution is 2.22. The minimum absolute atomic E-state index is 0.00744. The molecule has 0 saturated heterocycles. The molecule has 2 aromatic rings. The van der Waals surface area contributed by atoms with Crippen molar-refractivity contribution in [2.75, 3.05) is 0 Å². The summed E-state index contributed by atoms with van der Waals surface area (Å²) in [6.45, 7) is 7.67. The number of phenols is 2. The first-order valence-corrected chi connectivity index (χ1v) is 8.61. The Morgan fingerprint density at radius 3 is 2.26 bits per heavy atom. The van der Waals surface area contributed by atoms with E-state index < -0.39 is 5.91 Å². The second-order valence-electron chi connectivity index (χ2n) is 6.76. The van der Waals surface area contributed by atoms with E-state index in [1.54, 1.807) is 6.92 Å². The monoisotopic (exact) mass is 368 g/mol. The normalized spacial score (nSPS) is 11.3.